The number of hydrogen-bond donors (Lipinski definition) is 2. The first kappa shape index (κ1) is 16.3. The summed E-state index contributed by atoms with van der Waals surface area (Å²) in [6.45, 7) is 3.88. The third-order valence-electron chi connectivity index (χ3n) is 4.25. The van der Waals surface area contributed by atoms with Gasteiger partial charge >= 0.3 is 6.03 Å². The van der Waals surface area contributed by atoms with Gasteiger partial charge in [-0.15, -0.1) is 0 Å². The second-order valence-corrected chi connectivity index (χ2v) is 5.72. The van der Waals surface area contributed by atoms with Crippen LogP contribution in [0.25, 0.3) is 0 Å². The molecule has 7 heteroatoms. The van der Waals surface area contributed by atoms with Crippen molar-refractivity contribution in [3.63, 3.8) is 0 Å². The van der Waals surface area contributed by atoms with Crippen LogP contribution in [0.4, 0.5) is 4.79 Å². The number of hydrogen-bond acceptors (Lipinski definition) is 4. The van der Waals surface area contributed by atoms with Crippen molar-refractivity contribution in [1.29, 1.82) is 0 Å². The number of benzene rings is 1. The Balaban J connectivity index is 2.00. The highest BCUT2D eigenvalue weighted by Crippen LogP contribution is 2.33. The van der Waals surface area contributed by atoms with Gasteiger partial charge in [-0.05, 0) is 13.0 Å². The molecule has 0 bridgehead atoms. The summed E-state index contributed by atoms with van der Waals surface area (Å²) in [6.07, 6.45) is 0. The third-order valence-corrected chi connectivity index (χ3v) is 4.25. The molecule has 3 rings (SSSR count). The summed E-state index contributed by atoms with van der Waals surface area (Å²) in [5, 5.41) is 5.54. The SMILES string of the molecule is COc1ccccc1C1NC(=O)NC(C)=C1C(=O)N1CCOCC1. The van der Waals surface area contributed by atoms with Gasteiger partial charge in [0.05, 0.1) is 31.9 Å². The molecule has 0 aliphatic carbocycles. The predicted molar refractivity (Wildman–Crippen MR) is 87.5 cm³/mol. The highest BCUT2D eigenvalue weighted by Gasteiger charge is 2.35. The Morgan fingerprint density at radius 1 is 1.29 bits per heavy atom. The van der Waals surface area contributed by atoms with Crippen molar-refractivity contribution in [3.8, 4) is 5.75 Å². The van der Waals surface area contributed by atoms with E-state index in [0.29, 0.717) is 43.3 Å². The molecule has 1 aromatic carbocycles. The van der Waals surface area contributed by atoms with Gasteiger partial charge in [0, 0.05) is 24.4 Å². The molecular weight excluding hydrogens is 310 g/mol. The number of rotatable bonds is 3. The van der Waals surface area contributed by atoms with E-state index in [1.807, 2.05) is 24.3 Å². The molecule has 24 heavy (non-hydrogen) atoms. The van der Waals surface area contributed by atoms with Crippen molar-refractivity contribution in [1.82, 2.24) is 15.5 Å². The topological polar surface area (TPSA) is 79.9 Å². The maximum Gasteiger partial charge on any atom is 0.319 e. The fraction of sp³-hybridized carbons (Fsp3) is 0.412. The van der Waals surface area contributed by atoms with Crippen LogP contribution in [-0.2, 0) is 9.53 Å². The lowest BCUT2D eigenvalue weighted by molar-refractivity contribution is -0.131. The van der Waals surface area contributed by atoms with Crippen molar-refractivity contribution in [2.45, 2.75) is 13.0 Å². The van der Waals surface area contributed by atoms with Gasteiger partial charge in [-0.1, -0.05) is 18.2 Å². The molecule has 0 radical (unpaired) electrons. The van der Waals surface area contributed by atoms with Gasteiger partial charge in [-0.2, -0.15) is 0 Å². The van der Waals surface area contributed by atoms with Crippen molar-refractivity contribution >= 4 is 11.9 Å². The van der Waals surface area contributed by atoms with E-state index in [1.165, 1.54) is 0 Å². The Bertz CT molecular complexity index is 680. The van der Waals surface area contributed by atoms with Crippen LogP contribution in [-0.4, -0.2) is 50.3 Å². The molecule has 1 atom stereocenters. The number of carbonyl (C=O) groups is 2. The second-order valence-electron chi connectivity index (χ2n) is 5.72. The smallest absolute Gasteiger partial charge is 0.319 e. The van der Waals surface area contributed by atoms with Crippen LogP contribution in [0.5, 0.6) is 5.75 Å². The zero-order chi connectivity index (χ0) is 17.1. The molecule has 128 valence electrons. The van der Waals surface area contributed by atoms with Crippen LogP contribution in [0.1, 0.15) is 18.5 Å². The lowest BCUT2D eigenvalue weighted by atomic mass is 9.93. The monoisotopic (exact) mass is 331 g/mol. The molecule has 2 aliphatic rings. The Hall–Kier alpha value is -2.54. The molecule has 2 N–H and O–H groups in total. The summed E-state index contributed by atoms with van der Waals surface area (Å²) in [6, 6.07) is 6.50. The molecule has 3 amide bonds. The highest BCUT2D eigenvalue weighted by atomic mass is 16.5. The van der Waals surface area contributed by atoms with E-state index in [0.717, 1.165) is 5.56 Å². The number of carbonyl (C=O) groups excluding carboxylic acids is 2. The Labute approximate surface area is 140 Å². The number of nitrogens with one attached hydrogen (secondary N) is 2. The van der Waals surface area contributed by atoms with Gasteiger partial charge in [-0.3, -0.25) is 4.79 Å². The van der Waals surface area contributed by atoms with E-state index in [2.05, 4.69) is 10.6 Å². The van der Waals surface area contributed by atoms with E-state index in [9.17, 15) is 9.59 Å². The fourth-order valence-electron chi connectivity index (χ4n) is 3.05. The summed E-state index contributed by atoms with van der Waals surface area (Å²) in [5.41, 5.74) is 1.85. The number of morpholine rings is 1. The van der Waals surface area contributed by atoms with Gasteiger partial charge < -0.3 is 25.0 Å². The van der Waals surface area contributed by atoms with E-state index in [1.54, 1.807) is 18.9 Å². The van der Waals surface area contributed by atoms with Gasteiger partial charge in [0.25, 0.3) is 5.91 Å². The molecule has 0 saturated carbocycles. The average molecular weight is 331 g/mol. The first-order valence-electron chi connectivity index (χ1n) is 7.90. The molecular formula is C17H21N3O4. The number of nitrogens with zero attached hydrogens (tertiary/aromatic N) is 1. The lowest BCUT2D eigenvalue weighted by Gasteiger charge is -2.34. The van der Waals surface area contributed by atoms with Crippen molar-refractivity contribution < 1.29 is 19.1 Å². The minimum Gasteiger partial charge on any atom is -0.496 e. The molecule has 0 aromatic heterocycles. The lowest BCUT2D eigenvalue weighted by Crippen LogP contribution is -2.49. The minimum absolute atomic E-state index is 0.0980. The second kappa shape index (κ2) is 6.92. The summed E-state index contributed by atoms with van der Waals surface area (Å²) in [4.78, 5) is 26.7. The Kier molecular flexibility index (Phi) is 4.71. The molecule has 7 nitrogen and oxygen atoms in total. The largest absolute Gasteiger partial charge is 0.496 e. The number of ether oxygens (including phenoxy) is 2. The van der Waals surface area contributed by atoms with Gasteiger partial charge in [0.2, 0.25) is 0 Å². The number of amides is 3. The predicted octanol–water partition coefficient (Wildman–Crippen LogP) is 1.18. The van der Waals surface area contributed by atoms with E-state index in [4.69, 9.17) is 9.47 Å². The zero-order valence-corrected chi connectivity index (χ0v) is 13.8. The van der Waals surface area contributed by atoms with Crippen molar-refractivity contribution in [2.24, 2.45) is 0 Å². The Morgan fingerprint density at radius 2 is 2.00 bits per heavy atom. The van der Waals surface area contributed by atoms with Crippen LogP contribution in [0.3, 0.4) is 0 Å². The molecule has 1 aromatic rings. The zero-order valence-electron chi connectivity index (χ0n) is 13.8. The number of methoxy groups -OCH3 is 1. The maximum atomic E-state index is 13.0. The molecule has 1 fully saturated rings. The van der Waals surface area contributed by atoms with Crippen LogP contribution >= 0.6 is 0 Å². The summed E-state index contributed by atoms with van der Waals surface area (Å²) in [5.74, 6) is 0.531. The number of allylic oxidation sites excluding steroid dienone is 1. The van der Waals surface area contributed by atoms with Gasteiger partial charge in [0.15, 0.2) is 0 Å². The molecule has 2 heterocycles. The summed E-state index contributed by atoms with van der Waals surface area (Å²) in [7, 11) is 1.57. The van der Waals surface area contributed by atoms with Crippen molar-refractivity contribution in [2.75, 3.05) is 33.4 Å². The highest BCUT2D eigenvalue weighted by molar-refractivity contribution is 5.98. The van der Waals surface area contributed by atoms with Crippen LogP contribution in [0.2, 0.25) is 0 Å². The van der Waals surface area contributed by atoms with Crippen LogP contribution in [0, 0.1) is 0 Å². The van der Waals surface area contributed by atoms with Crippen LogP contribution in [0.15, 0.2) is 35.5 Å². The average Bonchev–Trinajstić information content (AvgIpc) is 2.61. The standard InChI is InChI=1S/C17H21N3O4/c1-11-14(16(21)20-7-9-24-10-8-20)15(19-17(22)18-11)12-5-3-4-6-13(12)23-2/h3-6,15H,7-10H2,1-2H3,(H2,18,19,22). The first-order valence-corrected chi connectivity index (χ1v) is 7.90. The quantitative estimate of drug-likeness (QED) is 0.872. The third kappa shape index (κ3) is 3.07. The van der Waals surface area contributed by atoms with Gasteiger partial charge in [0.1, 0.15) is 5.75 Å². The van der Waals surface area contributed by atoms with Gasteiger partial charge in [-0.25, -0.2) is 4.79 Å². The Morgan fingerprint density at radius 3 is 2.71 bits per heavy atom. The first-order chi connectivity index (χ1) is 11.6. The summed E-state index contributed by atoms with van der Waals surface area (Å²) < 4.78 is 10.7. The molecule has 0 spiro atoms. The van der Waals surface area contributed by atoms with E-state index >= 15 is 0 Å². The minimum atomic E-state index is -0.551. The van der Waals surface area contributed by atoms with E-state index in [-0.39, 0.29) is 11.9 Å². The van der Waals surface area contributed by atoms with E-state index < -0.39 is 6.04 Å². The molecule has 2 aliphatic heterocycles. The maximum absolute atomic E-state index is 13.0. The number of para-hydroxylation sites is 1. The molecule has 1 unspecified atom stereocenters. The van der Waals surface area contributed by atoms with Crippen molar-refractivity contribution in [3.05, 3.63) is 41.1 Å². The molecule has 1 saturated heterocycles. The normalized spacial score (nSPS) is 21.2. The number of urea groups is 1. The fourth-order valence-corrected chi connectivity index (χ4v) is 3.05. The van der Waals surface area contributed by atoms with Crippen LogP contribution < -0.4 is 15.4 Å². The summed E-state index contributed by atoms with van der Waals surface area (Å²) >= 11 is 0.